The van der Waals surface area contributed by atoms with Crippen LogP contribution >= 0.6 is 11.8 Å². The first-order chi connectivity index (χ1) is 7.83. The van der Waals surface area contributed by atoms with E-state index in [4.69, 9.17) is 5.73 Å². The number of nitrogens with two attached hydrogens (primary N) is 1. The zero-order valence-electron chi connectivity index (χ0n) is 8.88. The molecule has 0 aliphatic rings. The van der Waals surface area contributed by atoms with Crippen LogP contribution < -0.4 is 5.73 Å². The highest BCUT2D eigenvalue weighted by molar-refractivity contribution is 7.99. The number of nitrogen functional groups attached to an aromatic ring is 1. The minimum absolute atomic E-state index is 0.0796. The van der Waals surface area contributed by atoms with Gasteiger partial charge in [0, 0.05) is 10.6 Å². The van der Waals surface area contributed by atoms with Crippen LogP contribution in [0.2, 0.25) is 0 Å². The normalized spacial score (nSPS) is 11.3. The van der Waals surface area contributed by atoms with Gasteiger partial charge in [0.25, 0.3) is 0 Å². The third-order valence-electron chi connectivity index (χ3n) is 1.80. The van der Waals surface area contributed by atoms with Gasteiger partial charge < -0.3 is 10.5 Å². The van der Waals surface area contributed by atoms with Crippen molar-refractivity contribution in [1.29, 1.82) is 0 Å². The molecule has 1 aromatic carbocycles. The van der Waals surface area contributed by atoms with Gasteiger partial charge in [-0.15, -0.1) is 11.8 Å². The van der Waals surface area contributed by atoms with Gasteiger partial charge in [-0.2, -0.15) is 13.2 Å². The molecule has 0 atom stereocenters. The average Bonchev–Trinajstić information content (AvgIpc) is 2.24. The zero-order valence-corrected chi connectivity index (χ0v) is 9.69. The molecule has 0 aliphatic carbocycles. The first-order valence-corrected chi connectivity index (χ1v) is 5.49. The molecule has 2 N–H and O–H groups in total. The van der Waals surface area contributed by atoms with Gasteiger partial charge in [0.15, 0.2) is 0 Å². The first-order valence-electron chi connectivity index (χ1n) is 4.51. The number of methoxy groups -OCH3 is 1. The van der Waals surface area contributed by atoms with Gasteiger partial charge in [-0.1, -0.05) is 0 Å². The van der Waals surface area contributed by atoms with Crippen molar-refractivity contribution in [2.24, 2.45) is 0 Å². The quantitative estimate of drug-likeness (QED) is 0.518. The summed E-state index contributed by atoms with van der Waals surface area (Å²) in [5, 5.41) is 0. The Balaban J connectivity index is 2.95. The van der Waals surface area contributed by atoms with Crippen molar-refractivity contribution in [2.45, 2.75) is 11.1 Å². The van der Waals surface area contributed by atoms with E-state index in [9.17, 15) is 18.0 Å². The van der Waals surface area contributed by atoms with Crippen molar-refractivity contribution < 1.29 is 22.7 Å². The van der Waals surface area contributed by atoms with Crippen molar-refractivity contribution in [3.05, 3.63) is 23.8 Å². The van der Waals surface area contributed by atoms with Crippen molar-refractivity contribution >= 4 is 23.4 Å². The highest BCUT2D eigenvalue weighted by Gasteiger charge is 2.28. The molecular formula is C10H10F3NO2S. The molecule has 0 saturated heterocycles. The highest BCUT2D eigenvalue weighted by atomic mass is 32.2. The standard InChI is InChI=1S/C10H10F3NO2S/c1-16-9(15)7-3-2-6(14)4-8(7)17-5-10(11,12)13/h2-4H,5,14H2,1H3. The Hall–Kier alpha value is -1.37. The molecule has 0 bridgehead atoms. The summed E-state index contributed by atoms with van der Waals surface area (Å²) >= 11 is 0.506. The van der Waals surface area contributed by atoms with Crippen molar-refractivity contribution in [2.75, 3.05) is 18.6 Å². The molecule has 7 heteroatoms. The average molecular weight is 265 g/mol. The molecule has 17 heavy (non-hydrogen) atoms. The Bertz CT molecular complexity index is 421. The molecule has 0 radical (unpaired) electrons. The molecule has 0 aliphatic heterocycles. The fraction of sp³-hybridized carbons (Fsp3) is 0.300. The molecule has 0 amide bonds. The number of esters is 1. The third-order valence-corrected chi connectivity index (χ3v) is 2.92. The third kappa shape index (κ3) is 4.18. The summed E-state index contributed by atoms with van der Waals surface area (Å²) in [5.74, 6) is -1.77. The summed E-state index contributed by atoms with van der Waals surface area (Å²) in [6.45, 7) is 0. The number of benzene rings is 1. The summed E-state index contributed by atoms with van der Waals surface area (Å²) in [7, 11) is 1.16. The minimum Gasteiger partial charge on any atom is -0.465 e. The Morgan fingerprint density at radius 2 is 2.12 bits per heavy atom. The summed E-state index contributed by atoms with van der Waals surface area (Å²) in [6, 6.07) is 4.10. The maximum atomic E-state index is 12.1. The number of rotatable bonds is 3. The van der Waals surface area contributed by atoms with Crippen LogP contribution in [0.5, 0.6) is 0 Å². The molecule has 0 unspecified atom stereocenters. The summed E-state index contributed by atoms with van der Waals surface area (Å²) in [6.07, 6.45) is -4.30. The van der Waals surface area contributed by atoms with Gasteiger partial charge >= 0.3 is 12.1 Å². The van der Waals surface area contributed by atoms with Gasteiger partial charge in [-0.25, -0.2) is 4.79 Å². The monoisotopic (exact) mass is 265 g/mol. The second-order valence-electron chi connectivity index (χ2n) is 3.15. The van der Waals surface area contributed by atoms with Gasteiger partial charge in [0.2, 0.25) is 0 Å². The number of thioether (sulfide) groups is 1. The molecule has 3 nitrogen and oxygen atoms in total. The van der Waals surface area contributed by atoms with Crippen LogP contribution in [0, 0.1) is 0 Å². The lowest BCUT2D eigenvalue weighted by Gasteiger charge is -2.10. The second kappa shape index (κ2) is 5.31. The van der Waals surface area contributed by atoms with Crippen LogP contribution in [0.1, 0.15) is 10.4 Å². The Kier molecular flexibility index (Phi) is 4.28. The van der Waals surface area contributed by atoms with Gasteiger partial charge in [0.1, 0.15) is 0 Å². The van der Waals surface area contributed by atoms with Gasteiger partial charge in [-0.05, 0) is 18.2 Å². The van der Waals surface area contributed by atoms with E-state index < -0.39 is 17.9 Å². The zero-order chi connectivity index (χ0) is 13.1. The number of halogens is 3. The summed E-state index contributed by atoms with van der Waals surface area (Å²) < 4.78 is 40.7. The number of carbonyl (C=O) groups is 1. The second-order valence-corrected chi connectivity index (χ2v) is 4.17. The van der Waals surface area contributed by atoms with Crippen molar-refractivity contribution in [3.63, 3.8) is 0 Å². The Labute approximate surface area is 100 Å². The van der Waals surface area contributed by atoms with E-state index in [0.717, 1.165) is 7.11 Å². The molecule has 0 fully saturated rings. The molecule has 1 rings (SSSR count). The highest BCUT2D eigenvalue weighted by Crippen LogP contribution is 2.31. The van der Waals surface area contributed by atoms with E-state index in [1.165, 1.54) is 18.2 Å². The van der Waals surface area contributed by atoms with E-state index in [2.05, 4.69) is 4.74 Å². The lowest BCUT2D eigenvalue weighted by atomic mass is 10.2. The molecule has 94 valence electrons. The van der Waals surface area contributed by atoms with E-state index in [1.807, 2.05) is 0 Å². The van der Waals surface area contributed by atoms with E-state index in [0.29, 0.717) is 17.4 Å². The largest absolute Gasteiger partial charge is 0.465 e. The summed E-state index contributed by atoms with van der Waals surface area (Å²) in [5.41, 5.74) is 5.84. The van der Waals surface area contributed by atoms with Crippen LogP contribution in [0.3, 0.4) is 0 Å². The fourth-order valence-electron chi connectivity index (χ4n) is 1.10. The van der Waals surface area contributed by atoms with Crippen molar-refractivity contribution in [3.8, 4) is 0 Å². The topological polar surface area (TPSA) is 52.3 Å². The maximum Gasteiger partial charge on any atom is 0.398 e. The number of hydrogen-bond donors (Lipinski definition) is 1. The van der Waals surface area contributed by atoms with Crippen LogP contribution in [0.25, 0.3) is 0 Å². The Morgan fingerprint density at radius 1 is 1.47 bits per heavy atom. The van der Waals surface area contributed by atoms with Crippen LogP contribution in [-0.4, -0.2) is 25.0 Å². The number of carbonyl (C=O) groups excluding carboxylic acids is 1. The van der Waals surface area contributed by atoms with E-state index in [-0.39, 0.29) is 10.5 Å². The summed E-state index contributed by atoms with van der Waals surface area (Å²) in [4.78, 5) is 11.5. The lowest BCUT2D eigenvalue weighted by Crippen LogP contribution is -2.12. The van der Waals surface area contributed by atoms with Crippen LogP contribution in [0.15, 0.2) is 23.1 Å². The minimum atomic E-state index is -4.30. The predicted molar refractivity (Wildman–Crippen MR) is 59.0 cm³/mol. The van der Waals surface area contributed by atoms with Crippen molar-refractivity contribution in [1.82, 2.24) is 0 Å². The first kappa shape index (κ1) is 13.7. The van der Waals surface area contributed by atoms with E-state index >= 15 is 0 Å². The smallest absolute Gasteiger partial charge is 0.398 e. The fourth-order valence-corrected chi connectivity index (χ4v) is 1.94. The van der Waals surface area contributed by atoms with Gasteiger partial charge in [-0.3, -0.25) is 0 Å². The van der Waals surface area contributed by atoms with E-state index in [1.54, 1.807) is 0 Å². The number of hydrogen-bond acceptors (Lipinski definition) is 4. The molecular weight excluding hydrogens is 255 g/mol. The number of alkyl halides is 3. The van der Waals surface area contributed by atoms with Crippen LogP contribution in [-0.2, 0) is 4.74 Å². The van der Waals surface area contributed by atoms with Gasteiger partial charge in [0.05, 0.1) is 18.4 Å². The molecule has 1 aromatic rings. The molecule has 0 saturated carbocycles. The SMILES string of the molecule is COC(=O)c1ccc(N)cc1SCC(F)(F)F. The van der Waals surface area contributed by atoms with Crippen LogP contribution in [0.4, 0.5) is 18.9 Å². The molecule has 0 aromatic heterocycles. The number of anilines is 1. The lowest BCUT2D eigenvalue weighted by molar-refractivity contribution is -0.105. The maximum absolute atomic E-state index is 12.1. The molecule has 0 spiro atoms. The number of ether oxygens (including phenoxy) is 1. The predicted octanol–water partition coefficient (Wildman–Crippen LogP) is 2.71. The Morgan fingerprint density at radius 3 is 2.65 bits per heavy atom. The molecule has 0 heterocycles.